The molecule has 0 aliphatic carbocycles. The van der Waals surface area contributed by atoms with Crippen LogP contribution in [-0.2, 0) is 9.53 Å². The van der Waals surface area contributed by atoms with Gasteiger partial charge in [0.25, 0.3) is 0 Å². The average molecular weight is 285 g/mol. The Hall–Kier alpha value is -2.88. The summed E-state index contributed by atoms with van der Waals surface area (Å²) < 4.78 is 10.3. The Labute approximate surface area is 119 Å². The summed E-state index contributed by atoms with van der Waals surface area (Å²) >= 11 is 0. The van der Waals surface area contributed by atoms with Gasteiger partial charge in [0, 0.05) is 0 Å². The Morgan fingerprint density at radius 3 is 2.86 bits per heavy atom. The summed E-state index contributed by atoms with van der Waals surface area (Å²) in [6.07, 6.45) is -1.31. The zero-order valence-electron chi connectivity index (χ0n) is 11.1. The normalized spacial score (nSPS) is 22.4. The second-order valence-electron chi connectivity index (χ2n) is 4.72. The molecular formula is C14H11N3O4. The fourth-order valence-electron chi connectivity index (χ4n) is 2.25. The van der Waals surface area contributed by atoms with E-state index in [2.05, 4.69) is 10.3 Å². The number of amides is 1. The number of Topliss-reactive ketones (excluding diaryl/α,β-unsaturated/α-hetero) is 1. The molecular weight excluding hydrogens is 274 g/mol. The van der Waals surface area contributed by atoms with Gasteiger partial charge in [-0.25, -0.2) is 9.78 Å². The summed E-state index contributed by atoms with van der Waals surface area (Å²) in [5.74, 6) is -1.66. The van der Waals surface area contributed by atoms with Crippen molar-refractivity contribution >= 4 is 23.0 Å². The second kappa shape index (κ2) is 4.90. The number of rotatable bonds is 3. The van der Waals surface area contributed by atoms with Crippen molar-refractivity contribution in [1.29, 1.82) is 5.26 Å². The summed E-state index contributed by atoms with van der Waals surface area (Å²) in [4.78, 5) is 27.7. The molecule has 0 bridgehead atoms. The molecule has 0 spiro atoms. The first-order valence-corrected chi connectivity index (χ1v) is 6.36. The molecule has 1 aliphatic rings. The SMILES string of the molecule is C[C@@H]1OC(=O)N[C@@H]1C(=O)[C@H](C#N)c1nc2ccccc2o1. The van der Waals surface area contributed by atoms with Crippen LogP contribution in [0.4, 0.5) is 4.79 Å². The third kappa shape index (κ3) is 2.21. The van der Waals surface area contributed by atoms with Gasteiger partial charge >= 0.3 is 6.09 Å². The number of oxazole rings is 1. The highest BCUT2D eigenvalue weighted by molar-refractivity contribution is 5.96. The van der Waals surface area contributed by atoms with Gasteiger partial charge in [0.05, 0.1) is 6.07 Å². The van der Waals surface area contributed by atoms with E-state index in [1.54, 1.807) is 31.2 Å². The van der Waals surface area contributed by atoms with E-state index in [0.29, 0.717) is 11.1 Å². The summed E-state index contributed by atoms with van der Waals surface area (Å²) in [6.45, 7) is 1.58. The number of alkyl carbamates (subject to hydrolysis) is 1. The molecule has 1 aromatic heterocycles. The molecule has 0 radical (unpaired) electrons. The van der Waals surface area contributed by atoms with E-state index in [0.717, 1.165) is 0 Å². The summed E-state index contributed by atoms with van der Waals surface area (Å²) in [7, 11) is 0. The maximum absolute atomic E-state index is 12.4. The number of aromatic nitrogens is 1. The molecule has 7 heteroatoms. The molecule has 2 heterocycles. The van der Waals surface area contributed by atoms with Crippen LogP contribution in [0, 0.1) is 11.3 Å². The Morgan fingerprint density at radius 2 is 2.24 bits per heavy atom. The number of hydrogen-bond donors (Lipinski definition) is 1. The maximum Gasteiger partial charge on any atom is 0.408 e. The first-order chi connectivity index (χ1) is 10.1. The largest absolute Gasteiger partial charge is 0.444 e. The molecule has 1 fully saturated rings. The molecule has 2 aromatic rings. The Morgan fingerprint density at radius 1 is 1.48 bits per heavy atom. The zero-order valence-corrected chi connectivity index (χ0v) is 11.1. The van der Waals surface area contributed by atoms with Crippen LogP contribution in [0.25, 0.3) is 11.1 Å². The van der Waals surface area contributed by atoms with Crippen LogP contribution in [0.3, 0.4) is 0 Å². The second-order valence-corrected chi connectivity index (χ2v) is 4.72. The third-order valence-electron chi connectivity index (χ3n) is 3.31. The predicted octanol–water partition coefficient (Wildman–Crippen LogP) is 1.50. The number of hydrogen-bond acceptors (Lipinski definition) is 6. The zero-order chi connectivity index (χ0) is 15.0. The minimum absolute atomic E-state index is 0.0250. The first kappa shape index (κ1) is 13.1. The van der Waals surface area contributed by atoms with Crippen LogP contribution >= 0.6 is 0 Å². The number of para-hydroxylation sites is 2. The summed E-state index contributed by atoms with van der Waals surface area (Å²) in [6, 6.07) is 7.98. The molecule has 106 valence electrons. The van der Waals surface area contributed by atoms with E-state index in [1.807, 2.05) is 6.07 Å². The number of ketones is 1. The highest BCUT2D eigenvalue weighted by Gasteiger charge is 2.41. The van der Waals surface area contributed by atoms with Crippen molar-refractivity contribution in [3.05, 3.63) is 30.2 Å². The number of carbonyl (C=O) groups excluding carboxylic acids is 2. The van der Waals surface area contributed by atoms with E-state index in [4.69, 9.17) is 9.15 Å². The van der Waals surface area contributed by atoms with Gasteiger partial charge in [-0.15, -0.1) is 0 Å². The number of nitrogens with zero attached hydrogens (tertiary/aromatic N) is 2. The van der Waals surface area contributed by atoms with Crippen LogP contribution in [0.1, 0.15) is 18.7 Å². The quantitative estimate of drug-likeness (QED) is 0.916. The van der Waals surface area contributed by atoms with E-state index in [9.17, 15) is 14.9 Å². The molecule has 0 saturated carbocycles. The summed E-state index contributed by atoms with van der Waals surface area (Å²) in [5.41, 5.74) is 1.07. The average Bonchev–Trinajstić information content (AvgIpc) is 3.02. The number of cyclic esters (lactones) is 1. The van der Waals surface area contributed by atoms with Gasteiger partial charge in [0.2, 0.25) is 5.89 Å². The van der Waals surface area contributed by atoms with Gasteiger partial charge in [-0.3, -0.25) is 4.79 Å². The molecule has 3 atom stereocenters. The molecule has 21 heavy (non-hydrogen) atoms. The van der Waals surface area contributed by atoms with Crippen molar-refractivity contribution in [1.82, 2.24) is 10.3 Å². The van der Waals surface area contributed by atoms with Crippen molar-refractivity contribution in [2.45, 2.75) is 25.0 Å². The van der Waals surface area contributed by atoms with Crippen molar-refractivity contribution in [2.75, 3.05) is 0 Å². The van der Waals surface area contributed by atoms with E-state index < -0.39 is 29.9 Å². The smallest absolute Gasteiger partial charge is 0.408 e. The number of fused-ring (bicyclic) bond motifs is 1. The lowest BCUT2D eigenvalue weighted by Crippen LogP contribution is -2.41. The molecule has 1 N–H and O–H groups in total. The molecule has 1 aromatic carbocycles. The highest BCUT2D eigenvalue weighted by Crippen LogP contribution is 2.24. The fourth-order valence-corrected chi connectivity index (χ4v) is 2.25. The van der Waals surface area contributed by atoms with Gasteiger partial charge in [0.15, 0.2) is 17.3 Å². The molecule has 1 amide bonds. The Bertz CT molecular complexity index is 728. The van der Waals surface area contributed by atoms with Crippen LogP contribution in [0.15, 0.2) is 28.7 Å². The van der Waals surface area contributed by atoms with Crippen molar-refractivity contribution in [2.24, 2.45) is 0 Å². The topological polar surface area (TPSA) is 105 Å². The number of ether oxygens (including phenoxy) is 1. The first-order valence-electron chi connectivity index (χ1n) is 6.36. The van der Waals surface area contributed by atoms with E-state index in [-0.39, 0.29) is 5.89 Å². The van der Waals surface area contributed by atoms with E-state index in [1.165, 1.54) is 0 Å². The summed E-state index contributed by atoms with van der Waals surface area (Å²) in [5, 5.41) is 11.7. The van der Waals surface area contributed by atoms with Gasteiger partial charge in [-0.2, -0.15) is 5.26 Å². The van der Waals surface area contributed by atoms with Crippen LogP contribution in [0.5, 0.6) is 0 Å². The molecule has 3 rings (SSSR count). The molecule has 1 saturated heterocycles. The lowest BCUT2D eigenvalue weighted by atomic mass is 9.96. The predicted molar refractivity (Wildman–Crippen MR) is 70.2 cm³/mol. The number of benzene rings is 1. The lowest BCUT2D eigenvalue weighted by molar-refractivity contribution is -0.122. The Kier molecular flexibility index (Phi) is 3.06. The molecule has 7 nitrogen and oxygen atoms in total. The number of carbonyl (C=O) groups is 2. The monoisotopic (exact) mass is 285 g/mol. The van der Waals surface area contributed by atoms with Gasteiger partial charge in [0.1, 0.15) is 17.7 Å². The lowest BCUT2D eigenvalue weighted by Gasteiger charge is -2.13. The van der Waals surface area contributed by atoms with Crippen molar-refractivity contribution < 1.29 is 18.7 Å². The van der Waals surface area contributed by atoms with Gasteiger partial charge in [-0.05, 0) is 19.1 Å². The molecule has 1 aliphatic heterocycles. The highest BCUT2D eigenvalue weighted by atomic mass is 16.6. The van der Waals surface area contributed by atoms with Crippen LogP contribution in [0.2, 0.25) is 0 Å². The minimum atomic E-state index is -1.19. The standard InChI is InChI=1S/C14H11N3O4/c1-7-11(17-14(19)20-7)12(18)8(6-15)13-16-9-4-2-3-5-10(9)21-13/h2-5,7-8,11H,1H3,(H,17,19)/t7-,8-,11-/m0/s1. The number of nitriles is 1. The van der Waals surface area contributed by atoms with Crippen molar-refractivity contribution in [3.8, 4) is 6.07 Å². The maximum atomic E-state index is 12.4. The molecule has 0 unspecified atom stereocenters. The van der Waals surface area contributed by atoms with Gasteiger partial charge < -0.3 is 14.5 Å². The van der Waals surface area contributed by atoms with Crippen LogP contribution in [-0.4, -0.2) is 29.0 Å². The van der Waals surface area contributed by atoms with Crippen LogP contribution < -0.4 is 5.32 Å². The van der Waals surface area contributed by atoms with E-state index >= 15 is 0 Å². The Balaban J connectivity index is 1.93. The number of nitrogens with one attached hydrogen (secondary N) is 1. The minimum Gasteiger partial charge on any atom is -0.444 e. The third-order valence-corrected chi connectivity index (χ3v) is 3.31. The fraction of sp³-hybridized carbons (Fsp3) is 0.286. The van der Waals surface area contributed by atoms with Crippen molar-refractivity contribution in [3.63, 3.8) is 0 Å². The van der Waals surface area contributed by atoms with Gasteiger partial charge in [-0.1, -0.05) is 12.1 Å².